The van der Waals surface area contributed by atoms with Crippen LogP contribution < -0.4 is 15.4 Å². The number of methoxy groups -OCH3 is 1. The number of ether oxygens (including phenoxy) is 1. The zero-order valence-electron chi connectivity index (χ0n) is 17.8. The second-order valence-corrected chi connectivity index (χ2v) is 7.93. The highest BCUT2D eigenvalue weighted by atomic mass is 19.4. The van der Waals surface area contributed by atoms with Gasteiger partial charge in [0.15, 0.2) is 0 Å². The van der Waals surface area contributed by atoms with Gasteiger partial charge in [0.2, 0.25) is 5.91 Å². The van der Waals surface area contributed by atoms with E-state index in [1.165, 1.54) is 6.07 Å². The van der Waals surface area contributed by atoms with E-state index in [-0.39, 0.29) is 29.8 Å². The Kier molecular flexibility index (Phi) is 8.11. The van der Waals surface area contributed by atoms with Crippen LogP contribution in [0.15, 0.2) is 18.2 Å². The van der Waals surface area contributed by atoms with Crippen molar-refractivity contribution in [3.05, 3.63) is 29.3 Å². The Morgan fingerprint density at radius 1 is 1.20 bits per heavy atom. The van der Waals surface area contributed by atoms with E-state index in [4.69, 9.17) is 4.74 Å². The summed E-state index contributed by atoms with van der Waals surface area (Å²) in [5.74, 6) is -1.47. The second kappa shape index (κ2) is 10.1. The van der Waals surface area contributed by atoms with Crippen molar-refractivity contribution in [3.63, 3.8) is 0 Å². The number of hydrogen-bond acceptors (Lipinski definition) is 4. The van der Waals surface area contributed by atoms with E-state index in [2.05, 4.69) is 36.4 Å². The van der Waals surface area contributed by atoms with Gasteiger partial charge in [-0.1, -0.05) is 0 Å². The van der Waals surface area contributed by atoms with Gasteiger partial charge in [0.25, 0.3) is 5.91 Å². The number of nitrogens with zero attached hydrogens (tertiary/aromatic N) is 1. The molecule has 2 rings (SSSR count). The largest absolute Gasteiger partial charge is 0.496 e. The zero-order chi connectivity index (χ0) is 22.5. The Hall–Kier alpha value is -2.29. The molecule has 1 aliphatic rings. The number of amides is 2. The molecule has 6 nitrogen and oxygen atoms in total. The molecule has 0 atom stereocenters. The first kappa shape index (κ1) is 24.0. The molecule has 0 radical (unpaired) electrons. The van der Waals surface area contributed by atoms with E-state index in [0.717, 1.165) is 44.9 Å². The molecule has 2 N–H and O–H groups in total. The lowest BCUT2D eigenvalue weighted by molar-refractivity contribution is -0.138. The van der Waals surface area contributed by atoms with Crippen molar-refractivity contribution in [1.82, 2.24) is 15.5 Å². The van der Waals surface area contributed by atoms with Gasteiger partial charge in [-0.3, -0.25) is 9.59 Å². The fourth-order valence-corrected chi connectivity index (χ4v) is 3.66. The highest BCUT2D eigenvalue weighted by Gasteiger charge is 2.35. The maximum Gasteiger partial charge on any atom is 0.419 e. The van der Waals surface area contributed by atoms with Gasteiger partial charge >= 0.3 is 6.18 Å². The smallest absolute Gasteiger partial charge is 0.419 e. The van der Waals surface area contributed by atoms with Crippen LogP contribution in [0.1, 0.15) is 55.5 Å². The minimum atomic E-state index is -4.65. The predicted molar refractivity (Wildman–Crippen MR) is 107 cm³/mol. The van der Waals surface area contributed by atoms with Crippen LogP contribution in [0.5, 0.6) is 5.75 Å². The Morgan fingerprint density at radius 2 is 1.83 bits per heavy atom. The SMILES string of the molecule is COc1ccc(C(=O)NCC(=O)N[C@H]2CC[C@H](N(C)C(C)C)CC2)cc1C(F)(F)F. The number of halogens is 3. The third-order valence-corrected chi connectivity index (χ3v) is 5.63. The zero-order valence-corrected chi connectivity index (χ0v) is 17.8. The van der Waals surface area contributed by atoms with Crippen LogP contribution in [0.4, 0.5) is 13.2 Å². The monoisotopic (exact) mass is 429 g/mol. The Bertz CT molecular complexity index is 745. The summed E-state index contributed by atoms with van der Waals surface area (Å²) in [7, 11) is 3.23. The summed E-state index contributed by atoms with van der Waals surface area (Å²) in [6, 6.07) is 4.04. The second-order valence-electron chi connectivity index (χ2n) is 7.93. The van der Waals surface area contributed by atoms with E-state index >= 15 is 0 Å². The van der Waals surface area contributed by atoms with Crippen LogP contribution in [0.3, 0.4) is 0 Å². The van der Waals surface area contributed by atoms with Gasteiger partial charge in [0.1, 0.15) is 5.75 Å². The van der Waals surface area contributed by atoms with Crippen molar-refractivity contribution in [2.24, 2.45) is 0 Å². The van der Waals surface area contributed by atoms with Crippen LogP contribution >= 0.6 is 0 Å². The highest BCUT2D eigenvalue weighted by molar-refractivity contribution is 5.96. The first-order chi connectivity index (χ1) is 14.0. The quantitative estimate of drug-likeness (QED) is 0.698. The minimum absolute atomic E-state index is 0.0454. The fraction of sp³-hybridized carbons (Fsp3) is 0.619. The molecule has 0 aliphatic heterocycles. The van der Waals surface area contributed by atoms with E-state index in [1.807, 2.05) is 0 Å². The molecule has 0 saturated heterocycles. The van der Waals surface area contributed by atoms with Gasteiger partial charge in [0, 0.05) is 23.7 Å². The normalized spacial score (nSPS) is 19.6. The summed E-state index contributed by atoms with van der Waals surface area (Å²) in [6.07, 6.45) is -0.971. The average molecular weight is 429 g/mol. The van der Waals surface area contributed by atoms with E-state index < -0.39 is 17.6 Å². The molecule has 0 unspecified atom stereocenters. The van der Waals surface area contributed by atoms with Crippen molar-refractivity contribution >= 4 is 11.8 Å². The molecule has 0 aromatic heterocycles. The van der Waals surface area contributed by atoms with Gasteiger partial charge in [-0.05, 0) is 64.8 Å². The summed E-state index contributed by atoms with van der Waals surface area (Å²) in [5.41, 5.74) is -1.22. The summed E-state index contributed by atoms with van der Waals surface area (Å²) >= 11 is 0. The summed E-state index contributed by atoms with van der Waals surface area (Å²) in [6.45, 7) is 4.01. The molecule has 1 fully saturated rings. The molecule has 168 valence electrons. The Morgan fingerprint density at radius 3 is 2.37 bits per heavy atom. The average Bonchev–Trinajstić information content (AvgIpc) is 2.70. The number of benzene rings is 1. The number of rotatable bonds is 7. The van der Waals surface area contributed by atoms with E-state index in [9.17, 15) is 22.8 Å². The summed E-state index contributed by atoms with van der Waals surface area (Å²) in [4.78, 5) is 26.7. The lowest BCUT2D eigenvalue weighted by Crippen LogP contribution is -2.46. The molecule has 9 heteroatoms. The van der Waals surface area contributed by atoms with Crippen LogP contribution in [0, 0.1) is 0 Å². The van der Waals surface area contributed by atoms with Gasteiger partial charge in [0.05, 0.1) is 19.2 Å². The molecule has 0 bridgehead atoms. The van der Waals surface area contributed by atoms with Crippen LogP contribution in [-0.2, 0) is 11.0 Å². The third kappa shape index (κ3) is 6.35. The van der Waals surface area contributed by atoms with Gasteiger partial charge in [-0.25, -0.2) is 0 Å². The van der Waals surface area contributed by atoms with Crippen LogP contribution in [0.2, 0.25) is 0 Å². The molecule has 30 heavy (non-hydrogen) atoms. The Balaban J connectivity index is 1.85. The molecule has 1 aliphatic carbocycles. The molecule has 1 aromatic carbocycles. The van der Waals surface area contributed by atoms with Crippen molar-refractivity contribution in [2.75, 3.05) is 20.7 Å². The minimum Gasteiger partial charge on any atom is -0.496 e. The first-order valence-electron chi connectivity index (χ1n) is 10.1. The first-order valence-corrected chi connectivity index (χ1v) is 10.1. The fourth-order valence-electron chi connectivity index (χ4n) is 3.66. The molecule has 1 aromatic rings. The van der Waals surface area contributed by atoms with Gasteiger partial charge in [-0.2, -0.15) is 13.2 Å². The number of nitrogens with one attached hydrogen (secondary N) is 2. The van der Waals surface area contributed by atoms with Crippen molar-refractivity contribution in [2.45, 2.75) is 63.8 Å². The topological polar surface area (TPSA) is 70.7 Å². The standard InChI is InChI=1S/C21H30F3N3O3/c1-13(2)27(3)16-8-6-15(7-9-16)26-19(28)12-25-20(29)14-5-10-18(30-4)17(11-14)21(22,23)24/h5,10-11,13,15-16H,6-9,12H2,1-4H3,(H,25,29)(H,26,28)/t15-,16-. The number of carbonyl (C=O) groups excluding carboxylic acids is 2. The highest BCUT2D eigenvalue weighted by Crippen LogP contribution is 2.36. The van der Waals surface area contributed by atoms with Gasteiger partial charge < -0.3 is 20.3 Å². The van der Waals surface area contributed by atoms with Gasteiger partial charge in [-0.15, -0.1) is 0 Å². The van der Waals surface area contributed by atoms with Crippen molar-refractivity contribution in [1.29, 1.82) is 0 Å². The number of alkyl halides is 3. The van der Waals surface area contributed by atoms with Crippen LogP contribution in [0.25, 0.3) is 0 Å². The number of carbonyl (C=O) groups is 2. The van der Waals surface area contributed by atoms with E-state index in [1.54, 1.807) is 0 Å². The third-order valence-electron chi connectivity index (χ3n) is 5.63. The maximum atomic E-state index is 13.1. The molecule has 1 saturated carbocycles. The Labute approximate surface area is 175 Å². The lowest BCUT2D eigenvalue weighted by Gasteiger charge is -2.37. The maximum absolute atomic E-state index is 13.1. The summed E-state index contributed by atoms with van der Waals surface area (Å²) < 4.78 is 44.0. The van der Waals surface area contributed by atoms with Crippen LogP contribution in [-0.4, -0.2) is 55.5 Å². The van der Waals surface area contributed by atoms with Crippen molar-refractivity contribution < 1.29 is 27.5 Å². The van der Waals surface area contributed by atoms with Crippen molar-refractivity contribution in [3.8, 4) is 5.75 Å². The molecule has 0 spiro atoms. The summed E-state index contributed by atoms with van der Waals surface area (Å²) in [5, 5.41) is 5.28. The molecule has 2 amide bonds. The predicted octanol–water partition coefficient (Wildman–Crippen LogP) is 3.21. The lowest BCUT2D eigenvalue weighted by atomic mass is 9.90. The number of hydrogen-bond donors (Lipinski definition) is 2. The molecular formula is C21H30F3N3O3. The molecule has 0 heterocycles. The molecular weight excluding hydrogens is 399 g/mol. The van der Waals surface area contributed by atoms with E-state index in [0.29, 0.717) is 12.1 Å².